The number of hydrogen-bond donors (Lipinski definition) is 3. The molecule has 0 bridgehead atoms. The Morgan fingerprint density at radius 2 is 2.10 bits per heavy atom. The third-order valence-electron chi connectivity index (χ3n) is 4.57. The molecule has 1 saturated carbocycles. The highest BCUT2D eigenvalue weighted by Crippen LogP contribution is 2.29. The van der Waals surface area contributed by atoms with Gasteiger partial charge in [0.1, 0.15) is 0 Å². The second-order valence-corrected chi connectivity index (χ2v) is 6.00. The molecule has 1 fully saturated rings. The summed E-state index contributed by atoms with van der Waals surface area (Å²) in [6, 6.07) is 5.83. The van der Waals surface area contributed by atoms with Crippen molar-refractivity contribution in [2.45, 2.75) is 44.1 Å². The topological polar surface area (TPSA) is 61.4 Å². The summed E-state index contributed by atoms with van der Waals surface area (Å²) in [6.45, 7) is 0.975. The number of aliphatic hydroxyl groups excluding tert-OH is 1. The molecule has 1 aliphatic heterocycles. The fraction of sp³-hybridized carbons (Fsp3) is 0.562. The molecule has 3 rings (SSSR count). The Morgan fingerprint density at radius 3 is 2.85 bits per heavy atom. The average molecular weight is 274 g/mol. The summed E-state index contributed by atoms with van der Waals surface area (Å²) in [5.74, 6) is -0.0718. The lowest BCUT2D eigenvalue weighted by Gasteiger charge is -2.36. The Hall–Kier alpha value is -1.55. The van der Waals surface area contributed by atoms with E-state index in [1.165, 1.54) is 12.0 Å². The molecule has 0 spiro atoms. The molecule has 0 saturated heterocycles. The molecule has 4 nitrogen and oxygen atoms in total. The lowest BCUT2D eigenvalue weighted by Crippen LogP contribution is -2.52. The maximum Gasteiger partial charge on any atom is 0.251 e. The standard InChI is InChI=1S/C16H22N2O2/c19-11-16(7-2-1-3-8-16)18-15(20)13-5-4-12-6-9-17-14(12)10-13/h4-5,10,17,19H,1-3,6-9,11H2,(H,18,20). The fourth-order valence-electron chi connectivity index (χ4n) is 3.30. The summed E-state index contributed by atoms with van der Waals surface area (Å²) < 4.78 is 0. The normalized spacial score (nSPS) is 20.1. The predicted molar refractivity (Wildman–Crippen MR) is 79.0 cm³/mol. The molecule has 1 aliphatic carbocycles. The van der Waals surface area contributed by atoms with Crippen LogP contribution >= 0.6 is 0 Å². The Labute approximate surface area is 119 Å². The van der Waals surface area contributed by atoms with Crippen molar-refractivity contribution in [2.75, 3.05) is 18.5 Å². The molecule has 20 heavy (non-hydrogen) atoms. The number of anilines is 1. The number of hydrogen-bond acceptors (Lipinski definition) is 3. The van der Waals surface area contributed by atoms with Gasteiger partial charge in [0.25, 0.3) is 5.91 Å². The van der Waals surface area contributed by atoms with Crippen molar-refractivity contribution in [1.82, 2.24) is 5.32 Å². The zero-order valence-corrected chi connectivity index (χ0v) is 11.7. The van der Waals surface area contributed by atoms with E-state index in [1.807, 2.05) is 18.2 Å². The maximum atomic E-state index is 12.4. The second kappa shape index (κ2) is 5.44. The van der Waals surface area contributed by atoms with Gasteiger partial charge in [-0.3, -0.25) is 4.79 Å². The first-order valence-electron chi connectivity index (χ1n) is 7.53. The van der Waals surface area contributed by atoms with Crippen molar-refractivity contribution in [2.24, 2.45) is 0 Å². The van der Waals surface area contributed by atoms with E-state index < -0.39 is 5.54 Å². The fourth-order valence-corrected chi connectivity index (χ4v) is 3.30. The van der Waals surface area contributed by atoms with Crippen molar-refractivity contribution in [3.05, 3.63) is 29.3 Å². The molecule has 1 amide bonds. The largest absolute Gasteiger partial charge is 0.394 e. The predicted octanol–water partition coefficient (Wildman–Crippen LogP) is 2.08. The molecule has 1 aromatic carbocycles. The number of aliphatic hydroxyl groups is 1. The maximum absolute atomic E-state index is 12.4. The van der Waals surface area contributed by atoms with Crippen LogP contribution in [0.3, 0.4) is 0 Å². The Kier molecular flexibility index (Phi) is 3.66. The van der Waals surface area contributed by atoms with Gasteiger partial charge in [0.05, 0.1) is 12.1 Å². The van der Waals surface area contributed by atoms with Crippen LogP contribution in [-0.2, 0) is 6.42 Å². The first-order valence-corrected chi connectivity index (χ1v) is 7.53. The monoisotopic (exact) mass is 274 g/mol. The van der Waals surface area contributed by atoms with E-state index in [4.69, 9.17) is 0 Å². The molecular weight excluding hydrogens is 252 g/mol. The molecular formula is C16H22N2O2. The first-order chi connectivity index (χ1) is 9.72. The van der Waals surface area contributed by atoms with E-state index in [9.17, 15) is 9.90 Å². The molecule has 1 heterocycles. The van der Waals surface area contributed by atoms with E-state index in [0.29, 0.717) is 5.56 Å². The highest BCUT2D eigenvalue weighted by Gasteiger charge is 2.33. The van der Waals surface area contributed by atoms with Crippen molar-refractivity contribution >= 4 is 11.6 Å². The highest BCUT2D eigenvalue weighted by atomic mass is 16.3. The minimum absolute atomic E-state index is 0.0297. The summed E-state index contributed by atoms with van der Waals surface area (Å²) in [5, 5.41) is 16.0. The third-order valence-corrected chi connectivity index (χ3v) is 4.57. The molecule has 1 aromatic rings. The van der Waals surface area contributed by atoms with Gasteiger partial charge in [-0.05, 0) is 37.0 Å². The van der Waals surface area contributed by atoms with Gasteiger partial charge in [0, 0.05) is 17.8 Å². The van der Waals surface area contributed by atoms with Crippen LogP contribution in [0.5, 0.6) is 0 Å². The van der Waals surface area contributed by atoms with Gasteiger partial charge in [-0.15, -0.1) is 0 Å². The Morgan fingerprint density at radius 1 is 1.30 bits per heavy atom. The molecule has 2 aliphatic rings. The zero-order valence-electron chi connectivity index (χ0n) is 11.7. The van der Waals surface area contributed by atoms with Gasteiger partial charge in [-0.25, -0.2) is 0 Å². The molecule has 0 unspecified atom stereocenters. The highest BCUT2D eigenvalue weighted by molar-refractivity contribution is 5.96. The summed E-state index contributed by atoms with van der Waals surface area (Å²) in [5.41, 5.74) is 2.61. The minimum atomic E-state index is -0.415. The smallest absolute Gasteiger partial charge is 0.251 e. The van der Waals surface area contributed by atoms with Crippen molar-refractivity contribution in [3.63, 3.8) is 0 Å². The summed E-state index contributed by atoms with van der Waals surface area (Å²) in [4.78, 5) is 12.4. The number of fused-ring (bicyclic) bond motifs is 1. The van der Waals surface area contributed by atoms with Gasteiger partial charge in [-0.2, -0.15) is 0 Å². The molecule has 108 valence electrons. The number of rotatable bonds is 3. The number of amides is 1. The number of carbonyl (C=O) groups is 1. The molecule has 4 heteroatoms. The van der Waals surface area contributed by atoms with Gasteiger partial charge in [-0.1, -0.05) is 25.3 Å². The zero-order chi connectivity index (χ0) is 14.0. The van der Waals surface area contributed by atoms with E-state index in [0.717, 1.165) is 44.3 Å². The van der Waals surface area contributed by atoms with Crippen LogP contribution in [-0.4, -0.2) is 29.7 Å². The van der Waals surface area contributed by atoms with Crippen LogP contribution in [0.25, 0.3) is 0 Å². The Balaban J connectivity index is 1.75. The van der Waals surface area contributed by atoms with Crippen molar-refractivity contribution in [3.8, 4) is 0 Å². The van der Waals surface area contributed by atoms with E-state index in [1.54, 1.807) is 0 Å². The number of benzene rings is 1. The molecule has 0 aromatic heterocycles. The second-order valence-electron chi connectivity index (χ2n) is 6.00. The number of nitrogens with one attached hydrogen (secondary N) is 2. The summed E-state index contributed by atoms with van der Waals surface area (Å²) in [6.07, 6.45) is 6.12. The van der Waals surface area contributed by atoms with Crippen LogP contribution in [0, 0.1) is 0 Å². The van der Waals surface area contributed by atoms with Crippen molar-refractivity contribution in [1.29, 1.82) is 0 Å². The van der Waals surface area contributed by atoms with E-state index >= 15 is 0 Å². The summed E-state index contributed by atoms with van der Waals surface area (Å²) in [7, 11) is 0. The molecule has 0 atom stereocenters. The van der Waals surface area contributed by atoms with Crippen LogP contribution in [0.2, 0.25) is 0 Å². The first kappa shape index (κ1) is 13.4. The third kappa shape index (κ3) is 2.52. The van der Waals surface area contributed by atoms with Crippen LogP contribution < -0.4 is 10.6 Å². The number of carbonyl (C=O) groups excluding carboxylic acids is 1. The Bertz CT molecular complexity index is 507. The van der Waals surface area contributed by atoms with E-state index in [2.05, 4.69) is 10.6 Å². The minimum Gasteiger partial charge on any atom is -0.394 e. The average Bonchev–Trinajstić information content (AvgIpc) is 2.95. The van der Waals surface area contributed by atoms with Crippen LogP contribution in [0.15, 0.2) is 18.2 Å². The molecule has 3 N–H and O–H groups in total. The lowest BCUT2D eigenvalue weighted by atomic mass is 9.82. The summed E-state index contributed by atoms with van der Waals surface area (Å²) >= 11 is 0. The van der Waals surface area contributed by atoms with Gasteiger partial charge >= 0.3 is 0 Å². The van der Waals surface area contributed by atoms with Gasteiger partial charge in [0.2, 0.25) is 0 Å². The van der Waals surface area contributed by atoms with Gasteiger partial charge in [0.15, 0.2) is 0 Å². The SMILES string of the molecule is O=C(NC1(CO)CCCCC1)c1ccc2c(c1)NCC2. The van der Waals surface area contributed by atoms with Crippen molar-refractivity contribution < 1.29 is 9.90 Å². The van der Waals surface area contributed by atoms with E-state index in [-0.39, 0.29) is 12.5 Å². The van der Waals surface area contributed by atoms with Crippen LogP contribution in [0.1, 0.15) is 48.0 Å². The molecule has 0 radical (unpaired) electrons. The van der Waals surface area contributed by atoms with Crippen LogP contribution in [0.4, 0.5) is 5.69 Å². The van der Waals surface area contributed by atoms with Gasteiger partial charge < -0.3 is 15.7 Å². The lowest BCUT2D eigenvalue weighted by molar-refractivity contribution is 0.0758. The quantitative estimate of drug-likeness (QED) is 0.791.